The molecule has 0 aromatic carbocycles. The molecule has 2 atom stereocenters. The molecule has 6 heteroatoms. The van der Waals surface area contributed by atoms with E-state index in [0.29, 0.717) is 5.92 Å². The molecule has 1 saturated heterocycles. The van der Waals surface area contributed by atoms with Crippen LogP contribution in [0.2, 0.25) is 0 Å². The van der Waals surface area contributed by atoms with E-state index in [0.717, 1.165) is 25.3 Å². The van der Waals surface area contributed by atoms with E-state index in [1.54, 1.807) is 0 Å². The first-order chi connectivity index (χ1) is 6.66. The smallest absolute Gasteiger partial charge is 0.188 e. The molecule has 14 heavy (non-hydrogen) atoms. The molecule has 0 aliphatic carbocycles. The maximum Gasteiger partial charge on any atom is 0.188 e. The van der Waals surface area contributed by atoms with Gasteiger partial charge in [-0.05, 0) is 13.3 Å². The van der Waals surface area contributed by atoms with Gasteiger partial charge < -0.3 is 10.6 Å². The van der Waals surface area contributed by atoms with Crippen LogP contribution < -0.4 is 11.2 Å². The Morgan fingerprint density at radius 2 is 2.57 bits per heavy atom. The Hall–Kier alpha value is -1.30. The summed E-state index contributed by atoms with van der Waals surface area (Å²) in [5.41, 5.74) is 8.14. The van der Waals surface area contributed by atoms with Gasteiger partial charge >= 0.3 is 0 Å². The maximum absolute atomic E-state index is 7.30. The van der Waals surface area contributed by atoms with Gasteiger partial charge in [-0.15, -0.1) is 0 Å². The van der Waals surface area contributed by atoms with E-state index >= 15 is 0 Å². The lowest BCUT2D eigenvalue weighted by molar-refractivity contribution is 0.00475. The number of nitrogens with two attached hydrogens (primary N) is 1. The number of amidine groups is 1. The Balaban J connectivity index is 1.93. The number of guanidine groups is 1. The Labute approximate surface area is 82.6 Å². The summed E-state index contributed by atoms with van der Waals surface area (Å²) in [5.74, 6) is 1.29. The molecule has 6 nitrogen and oxygen atoms in total. The number of hydroxylamine groups is 1. The van der Waals surface area contributed by atoms with Gasteiger partial charge in [0.1, 0.15) is 5.84 Å². The van der Waals surface area contributed by atoms with E-state index in [1.165, 1.54) is 0 Å². The van der Waals surface area contributed by atoms with E-state index in [-0.39, 0.29) is 12.2 Å². The SMILES string of the molecule is CC1=NC([C@@H]2CCN(C(=N)N)C2)ON1. The molecule has 0 bridgehead atoms. The van der Waals surface area contributed by atoms with Gasteiger partial charge in [0, 0.05) is 19.0 Å². The zero-order chi connectivity index (χ0) is 10.1. The molecular formula is C8H15N5O. The number of hydrogen-bond acceptors (Lipinski definition) is 4. The molecular weight excluding hydrogens is 182 g/mol. The van der Waals surface area contributed by atoms with Crippen LogP contribution in [0.15, 0.2) is 4.99 Å². The van der Waals surface area contributed by atoms with Gasteiger partial charge in [0.15, 0.2) is 12.2 Å². The summed E-state index contributed by atoms with van der Waals surface area (Å²) < 4.78 is 0. The lowest BCUT2D eigenvalue weighted by Gasteiger charge is -2.17. The molecule has 0 spiro atoms. The monoisotopic (exact) mass is 197 g/mol. The number of likely N-dealkylation sites (tertiary alicyclic amines) is 1. The van der Waals surface area contributed by atoms with Crippen LogP contribution >= 0.6 is 0 Å². The van der Waals surface area contributed by atoms with Gasteiger partial charge in [-0.25, -0.2) is 9.83 Å². The van der Waals surface area contributed by atoms with E-state index in [1.807, 2.05) is 11.8 Å². The summed E-state index contributed by atoms with van der Waals surface area (Å²) in [5, 5.41) is 7.30. The van der Waals surface area contributed by atoms with E-state index in [9.17, 15) is 0 Å². The molecule has 2 aliphatic rings. The van der Waals surface area contributed by atoms with Crippen LogP contribution in [0.1, 0.15) is 13.3 Å². The van der Waals surface area contributed by atoms with E-state index < -0.39 is 0 Å². The third kappa shape index (κ3) is 1.65. The highest BCUT2D eigenvalue weighted by Crippen LogP contribution is 2.23. The molecule has 1 unspecified atom stereocenters. The first kappa shape index (κ1) is 9.26. The van der Waals surface area contributed by atoms with Gasteiger partial charge in [0.2, 0.25) is 0 Å². The predicted molar refractivity (Wildman–Crippen MR) is 52.7 cm³/mol. The lowest BCUT2D eigenvalue weighted by Crippen LogP contribution is -2.35. The van der Waals surface area contributed by atoms with Crippen LogP contribution in [-0.4, -0.2) is 36.0 Å². The number of rotatable bonds is 1. The first-order valence-electron chi connectivity index (χ1n) is 4.72. The molecule has 0 saturated carbocycles. The second-order valence-corrected chi connectivity index (χ2v) is 3.70. The van der Waals surface area contributed by atoms with Crippen molar-refractivity contribution in [3.8, 4) is 0 Å². The summed E-state index contributed by atoms with van der Waals surface area (Å²) in [6.07, 6.45) is 0.863. The minimum Gasteiger partial charge on any atom is -0.370 e. The second-order valence-electron chi connectivity index (χ2n) is 3.70. The molecule has 1 fully saturated rings. The zero-order valence-corrected chi connectivity index (χ0v) is 8.16. The molecule has 2 rings (SSSR count). The minimum atomic E-state index is -0.112. The van der Waals surface area contributed by atoms with E-state index in [4.69, 9.17) is 16.0 Å². The normalized spacial score (nSPS) is 31.5. The Morgan fingerprint density at radius 1 is 1.79 bits per heavy atom. The quantitative estimate of drug-likeness (QED) is 0.390. The van der Waals surface area contributed by atoms with Crippen LogP contribution in [0.25, 0.3) is 0 Å². The van der Waals surface area contributed by atoms with Gasteiger partial charge in [0.25, 0.3) is 0 Å². The molecule has 2 aliphatic heterocycles. The number of aliphatic imine (C=N–C) groups is 1. The molecule has 0 aromatic rings. The van der Waals surface area contributed by atoms with Crippen molar-refractivity contribution in [1.82, 2.24) is 10.4 Å². The number of hydrogen-bond donors (Lipinski definition) is 3. The van der Waals surface area contributed by atoms with Crippen LogP contribution in [0.3, 0.4) is 0 Å². The average Bonchev–Trinajstić information content (AvgIpc) is 2.70. The third-order valence-electron chi connectivity index (χ3n) is 2.62. The Kier molecular flexibility index (Phi) is 2.28. The summed E-state index contributed by atoms with van der Waals surface area (Å²) in [4.78, 5) is 11.4. The van der Waals surface area contributed by atoms with Gasteiger partial charge in [0.05, 0.1) is 0 Å². The van der Waals surface area contributed by atoms with Crippen LogP contribution in [0.5, 0.6) is 0 Å². The summed E-state index contributed by atoms with van der Waals surface area (Å²) in [6, 6.07) is 0. The summed E-state index contributed by atoms with van der Waals surface area (Å²) in [6.45, 7) is 3.46. The average molecular weight is 197 g/mol. The molecule has 4 N–H and O–H groups in total. The fourth-order valence-electron chi connectivity index (χ4n) is 1.83. The van der Waals surface area contributed by atoms with Crippen molar-refractivity contribution in [3.05, 3.63) is 0 Å². The van der Waals surface area contributed by atoms with Crippen LogP contribution in [0, 0.1) is 11.3 Å². The lowest BCUT2D eigenvalue weighted by atomic mass is 10.1. The second kappa shape index (κ2) is 3.45. The third-order valence-corrected chi connectivity index (χ3v) is 2.62. The minimum absolute atomic E-state index is 0.112. The van der Waals surface area contributed by atoms with Crippen LogP contribution in [0.4, 0.5) is 0 Å². The van der Waals surface area contributed by atoms with Crippen molar-refractivity contribution >= 4 is 11.8 Å². The summed E-state index contributed by atoms with van der Waals surface area (Å²) >= 11 is 0. The zero-order valence-electron chi connectivity index (χ0n) is 8.16. The standard InChI is InChI=1S/C8H15N5O/c1-5-11-7(14-12-5)6-2-3-13(4-6)8(9)10/h6-7H,2-4H2,1H3,(H3,9,10)(H,11,12)/t6-,7?/m1/s1. The fourth-order valence-corrected chi connectivity index (χ4v) is 1.83. The van der Waals surface area contributed by atoms with Crippen molar-refractivity contribution in [3.63, 3.8) is 0 Å². The highest BCUT2D eigenvalue weighted by atomic mass is 16.7. The first-order valence-corrected chi connectivity index (χ1v) is 4.72. The highest BCUT2D eigenvalue weighted by molar-refractivity contribution is 5.79. The Bertz CT molecular complexity index is 277. The largest absolute Gasteiger partial charge is 0.370 e. The van der Waals surface area contributed by atoms with Crippen molar-refractivity contribution < 1.29 is 4.84 Å². The highest BCUT2D eigenvalue weighted by Gasteiger charge is 2.33. The van der Waals surface area contributed by atoms with Gasteiger partial charge in [-0.1, -0.05) is 0 Å². The summed E-state index contributed by atoms with van der Waals surface area (Å²) in [7, 11) is 0. The predicted octanol–water partition coefficient (Wildman–Crippen LogP) is -0.519. The van der Waals surface area contributed by atoms with Crippen molar-refractivity contribution in [2.75, 3.05) is 13.1 Å². The molecule has 0 amide bonds. The molecule has 2 heterocycles. The molecule has 0 radical (unpaired) electrons. The van der Waals surface area contributed by atoms with Crippen molar-refractivity contribution in [2.45, 2.75) is 19.6 Å². The molecule has 78 valence electrons. The van der Waals surface area contributed by atoms with Crippen molar-refractivity contribution in [2.24, 2.45) is 16.6 Å². The topological polar surface area (TPSA) is 86.7 Å². The van der Waals surface area contributed by atoms with Gasteiger partial charge in [-0.3, -0.25) is 10.9 Å². The number of nitrogens with one attached hydrogen (secondary N) is 2. The van der Waals surface area contributed by atoms with E-state index in [2.05, 4.69) is 10.5 Å². The maximum atomic E-state index is 7.30. The fraction of sp³-hybridized carbons (Fsp3) is 0.750. The van der Waals surface area contributed by atoms with Crippen molar-refractivity contribution in [1.29, 1.82) is 5.41 Å². The van der Waals surface area contributed by atoms with Crippen LogP contribution in [-0.2, 0) is 4.84 Å². The molecule has 0 aromatic heterocycles. The van der Waals surface area contributed by atoms with Gasteiger partial charge in [-0.2, -0.15) is 0 Å². The number of nitrogens with zero attached hydrogens (tertiary/aromatic N) is 2. The Morgan fingerprint density at radius 3 is 3.07 bits per heavy atom.